The SMILES string of the molecule is O=C(c1ccc(-c2cccc(C(F)(F)F)c2)o1)N(Cc1ccco1)CC(F)(F)F. The van der Waals surface area contributed by atoms with Crippen LogP contribution in [-0.2, 0) is 12.7 Å². The molecule has 0 N–H and O–H groups in total. The van der Waals surface area contributed by atoms with Crippen LogP contribution in [0.1, 0.15) is 21.9 Å². The van der Waals surface area contributed by atoms with E-state index in [4.69, 9.17) is 8.83 Å². The molecule has 3 aromatic rings. The number of carbonyl (C=O) groups excluding carboxylic acids is 1. The monoisotopic (exact) mass is 417 g/mol. The van der Waals surface area contributed by atoms with Crippen molar-refractivity contribution in [1.29, 1.82) is 0 Å². The zero-order valence-corrected chi connectivity index (χ0v) is 14.6. The van der Waals surface area contributed by atoms with Crippen molar-refractivity contribution in [2.75, 3.05) is 6.54 Å². The molecule has 154 valence electrons. The minimum absolute atomic E-state index is 0.0345. The summed E-state index contributed by atoms with van der Waals surface area (Å²) in [4.78, 5) is 13.0. The van der Waals surface area contributed by atoms with Gasteiger partial charge in [-0.25, -0.2) is 0 Å². The van der Waals surface area contributed by atoms with Crippen molar-refractivity contribution >= 4 is 5.91 Å². The van der Waals surface area contributed by atoms with Crippen LogP contribution in [0, 0.1) is 0 Å². The smallest absolute Gasteiger partial charge is 0.416 e. The first-order chi connectivity index (χ1) is 13.5. The summed E-state index contributed by atoms with van der Waals surface area (Å²) in [6.07, 6.45) is -7.99. The van der Waals surface area contributed by atoms with Gasteiger partial charge in [0.25, 0.3) is 5.91 Å². The number of alkyl halides is 6. The molecule has 0 fully saturated rings. The van der Waals surface area contributed by atoms with E-state index in [9.17, 15) is 31.1 Å². The molecule has 0 saturated carbocycles. The maximum absolute atomic E-state index is 12.9. The van der Waals surface area contributed by atoms with E-state index in [1.807, 2.05) is 0 Å². The topological polar surface area (TPSA) is 46.6 Å². The summed E-state index contributed by atoms with van der Waals surface area (Å²) in [6, 6.07) is 9.39. The molecule has 1 aromatic carbocycles. The Labute approximate surface area is 160 Å². The summed E-state index contributed by atoms with van der Waals surface area (Å²) in [5, 5.41) is 0. The Hall–Kier alpha value is -3.17. The minimum atomic E-state index is -4.67. The number of amides is 1. The molecule has 0 bridgehead atoms. The van der Waals surface area contributed by atoms with Crippen molar-refractivity contribution in [3.05, 3.63) is 71.9 Å². The van der Waals surface area contributed by atoms with Crippen molar-refractivity contribution in [3.8, 4) is 11.3 Å². The molecular formula is C19H13F6NO3. The molecule has 0 saturated heterocycles. The predicted octanol–water partition coefficient (Wildman–Crippen LogP) is 5.76. The Morgan fingerprint density at radius 2 is 1.72 bits per heavy atom. The van der Waals surface area contributed by atoms with Crippen molar-refractivity contribution in [2.24, 2.45) is 0 Å². The maximum atomic E-state index is 12.9. The first-order valence-electron chi connectivity index (χ1n) is 8.19. The first-order valence-corrected chi connectivity index (χ1v) is 8.19. The molecule has 0 unspecified atom stereocenters. The summed E-state index contributed by atoms with van der Waals surface area (Å²) >= 11 is 0. The van der Waals surface area contributed by atoms with Gasteiger partial charge in [0.1, 0.15) is 18.1 Å². The van der Waals surface area contributed by atoms with Crippen LogP contribution in [0.5, 0.6) is 0 Å². The van der Waals surface area contributed by atoms with Gasteiger partial charge in [0.15, 0.2) is 5.76 Å². The highest BCUT2D eigenvalue weighted by molar-refractivity contribution is 5.92. The predicted molar refractivity (Wildman–Crippen MR) is 88.6 cm³/mol. The average Bonchev–Trinajstić information content (AvgIpc) is 3.31. The number of benzene rings is 1. The second-order valence-electron chi connectivity index (χ2n) is 6.10. The van der Waals surface area contributed by atoms with Gasteiger partial charge in [-0.2, -0.15) is 26.3 Å². The van der Waals surface area contributed by atoms with Crippen molar-refractivity contribution in [1.82, 2.24) is 4.90 Å². The lowest BCUT2D eigenvalue weighted by Gasteiger charge is -2.22. The molecular weight excluding hydrogens is 404 g/mol. The summed E-state index contributed by atoms with van der Waals surface area (Å²) in [6.45, 7) is -2.00. The zero-order valence-electron chi connectivity index (χ0n) is 14.6. The largest absolute Gasteiger partial charge is 0.467 e. The molecule has 0 spiro atoms. The minimum Gasteiger partial charge on any atom is -0.467 e. The number of hydrogen-bond donors (Lipinski definition) is 0. The van der Waals surface area contributed by atoms with Crippen molar-refractivity contribution < 1.29 is 40.0 Å². The standard InChI is InChI=1S/C19H13F6NO3/c20-18(21,22)11-26(10-14-5-2-8-28-14)17(27)16-7-6-15(29-16)12-3-1-4-13(9-12)19(23,24)25/h1-9H,10-11H2. The fourth-order valence-corrected chi connectivity index (χ4v) is 2.62. The molecule has 29 heavy (non-hydrogen) atoms. The van der Waals surface area contributed by atoms with Gasteiger partial charge in [0.05, 0.1) is 18.4 Å². The molecule has 2 heterocycles. The normalized spacial score (nSPS) is 12.2. The highest BCUT2D eigenvalue weighted by atomic mass is 19.4. The van der Waals surface area contributed by atoms with Crippen LogP contribution < -0.4 is 0 Å². The van der Waals surface area contributed by atoms with E-state index in [-0.39, 0.29) is 17.1 Å². The van der Waals surface area contributed by atoms with E-state index in [2.05, 4.69) is 0 Å². The second kappa shape index (κ2) is 7.69. The molecule has 0 radical (unpaired) electrons. The van der Waals surface area contributed by atoms with E-state index >= 15 is 0 Å². The van der Waals surface area contributed by atoms with E-state index in [1.54, 1.807) is 0 Å². The van der Waals surface area contributed by atoms with Crippen LogP contribution in [0.4, 0.5) is 26.3 Å². The van der Waals surface area contributed by atoms with Gasteiger partial charge in [-0.3, -0.25) is 4.79 Å². The third-order valence-electron chi connectivity index (χ3n) is 3.88. The quantitative estimate of drug-likeness (QED) is 0.496. The number of rotatable bonds is 5. The number of halogens is 6. The van der Waals surface area contributed by atoms with E-state index < -0.39 is 42.7 Å². The van der Waals surface area contributed by atoms with Gasteiger partial charge < -0.3 is 13.7 Å². The molecule has 0 aliphatic rings. The third kappa shape index (κ3) is 5.21. The molecule has 2 aromatic heterocycles. The van der Waals surface area contributed by atoms with Crippen LogP contribution in [0.3, 0.4) is 0 Å². The Balaban J connectivity index is 1.86. The van der Waals surface area contributed by atoms with Crippen molar-refractivity contribution in [2.45, 2.75) is 18.9 Å². The van der Waals surface area contributed by atoms with Gasteiger partial charge in [-0.15, -0.1) is 0 Å². The van der Waals surface area contributed by atoms with Gasteiger partial charge in [-0.1, -0.05) is 12.1 Å². The third-order valence-corrected chi connectivity index (χ3v) is 3.88. The molecule has 0 atom stereocenters. The molecule has 3 rings (SSSR count). The second-order valence-corrected chi connectivity index (χ2v) is 6.10. The molecule has 10 heteroatoms. The number of hydrogen-bond acceptors (Lipinski definition) is 3. The van der Waals surface area contributed by atoms with E-state index in [1.165, 1.54) is 30.5 Å². The summed E-state index contributed by atoms with van der Waals surface area (Å²) < 4.78 is 87.4. The Bertz CT molecular complexity index is 972. The number of carbonyl (C=O) groups is 1. The summed E-state index contributed by atoms with van der Waals surface area (Å²) in [5.41, 5.74) is -0.886. The van der Waals surface area contributed by atoms with Crippen LogP contribution in [0.25, 0.3) is 11.3 Å². The molecule has 0 aliphatic heterocycles. The fourth-order valence-electron chi connectivity index (χ4n) is 2.62. The van der Waals surface area contributed by atoms with E-state index in [0.717, 1.165) is 24.3 Å². The van der Waals surface area contributed by atoms with Crippen molar-refractivity contribution in [3.63, 3.8) is 0 Å². The summed E-state index contributed by atoms with van der Waals surface area (Å²) in [5.74, 6) is -1.46. The number of furan rings is 2. The lowest BCUT2D eigenvalue weighted by molar-refractivity contribution is -0.142. The fraction of sp³-hybridized carbons (Fsp3) is 0.211. The Morgan fingerprint density at radius 1 is 0.966 bits per heavy atom. The lowest BCUT2D eigenvalue weighted by Crippen LogP contribution is -2.38. The average molecular weight is 417 g/mol. The highest BCUT2D eigenvalue weighted by Gasteiger charge is 2.35. The van der Waals surface area contributed by atoms with Gasteiger partial charge in [-0.05, 0) is 36.4 Å². The van der Waals surface area contributed by atoms with Crippen LogP contribution in [0.2, 0.25) is 0 Å². The van der Waals surface area contributed by atoms with Crippen LogP contribution in [0.15, 0.2) is 63.6 Å². The highest BCUT2D eigenvalue weighted by Crippen LogP contribution is 2.33. The van der Waals surface area contributed by atoms with Gasteiger partial charge in [0, 0.05) is 5.56 Å². The first kappa shape index (κ1) is 20.6. The summed E-state index contributed by atoms with van der Waals surface area (Å²) in [7, 11) is 0. The van der Waals surface area contributed by atoms with E-state index in [0.29, 0.717) is 4.90 Å². The molecule has 1 amide bonds. The maximum Gasteiger partial charge on any atom is 0.416 e. The van der Waals surface area contributed by atoms with Crippen LogP contribution >= 0.6 is 0 Å². The molecule has 4 nitrogen and oxygen atoms in total. The molecule has 0 aliphatic carbocycles. The lowest BCUT2D eigenvalue weighted by atomic mass is 10.1. The Morgan fingerprint density at radius 3 is 2.34 bits per heavy atom. The van der Waals surface area contributed by atoms with Gasteiger partial charge >= 0.3 is 12.4 Å². The van der Waals surface area contributed by atoms with Gasteiger partial charge in [0.2, 0.25) is 0 Å². The Kier molecular flexibility index (Phi) is 5.45. The van der Waals surface area contributed by atoms with Crippen LogP contribution in [-0.4, -0.2) is 23.5 Å². The zero-order chi connectivity index (χ0) is 21.2. The number of nitrogens with zero attached hydrogens (tertiary/aromatic N) is 1.